The molecule has 0 aliphatic carbocycles. The minimum Gasteiger partial charge on any atom is -0.493 e. The van der Waals surface area contributed by atoms with Crippen molar-refractivity contribution in [1.82, 2.24) is 4.98 Å². The highest BCUT2D eigenvalue weighted by atomic mass is 19.1. The van der Waals surface area contributed by atoms with E-state index in [1.54, 1.807) is 0 Å². The molecule has 0 fully saturated rings. The molecule has 0 bridgehead atoms. The molecular formula is C12H9FN2O4. The number of pyridine rings is 1. The molecule has 0 aliphatic rings. The van der Waals surface area contributed by atoms with Crippen LogP contribution in [-0.2, 0) is 0 Å². The molecule has 1 aromatic heterocycles. The van der Waals surface area contributed by atoms with Gasteiger partial charge in [-0.25, -0.2) is 4.98 Å². The lowest BCUT2D eigenvalue weighted by Gasteiger charge is -2.09. The predicted molar refractivity (Wildman–Crippen MR) is 63.9 cm³/mol. The van der Waals surface area contributed by atoms with Crippen molar-refractivity contribution in [3.8, 4) is 17.2 Å². The zero-order chi connectivity index (χ0) is 13.8. The zero-order valence-electron chi connectivity index (χ0n) is 9.87. The number of aromatic nitrogens is 1. The minimum atomic E-state index is -0.682. The van der Waals surface area contributed by atoms with E-state index in [1.165, 1.54) is 37.6 Å². The van der Waals surface area contributed by atoms with Crippen LogP contribution in [0.4, 0.5) is 10.1 Å². The number of halogens is 1. The maximum atomic E-state index is 12.9. The van der Waals surface area contributed by atoms with Crippen LogP contribution in [0.1, 0.15) is 0 Å². The third-order valence-corrected chi connectivity index (χ3v) is 2.28. The standard InChI is InChI=1S/C12H9FN2O4/c1-18-11-6-8(15(16)17)2-3-10(11)19-9-4-5-14-12(13)7-9/h2-7H,1H3. The van der Waals surface area contributed by atoms with E-state index >= 15 is 0 Å². The molecular weight excluding hydrogens is 255 g/mol. The van der Waals surface area contributed by atoms with Crippen molar-refractivity contribution in [2.45, 2.75) is 0 Å². The molecule has 0 N–H and O–H groups in total. The summed E-state index contributed by atoms with van der Waals surface area (Å²) in [6.45, 7) is 0. The smallest absolute Gasteiger partial charge is 0.273 e. The van der Waals surface area contributed by atoms with Crippen LogP contribution in [0.25, 0.3) is 0 Å². The average molecular weight is 264 g/mol. The van der Waals surface area contributed by atoms with Crippen molar-refractivity contribution in [3.63, 3.8) is 0 Å². The van der Waals surface area contributed by atoms with Crippen LogP contribution in [0, 0.1) is 16.1 Å². The maximum absolute atomic E-state index is 12.9. The number of hydrogen-bond donors (Lipinski definition) is 0. The van der Waals surface area contributed by atoms with E-state index in [2.05, 4.69) is 4.98 Å². The summed E-state index contributed by atoms with van der Waals surface area (Å²) >= 11 is 0. The Hall–Kier alpha value is -2.70. The molecule has 1 aromatic carbocycles. The number of ether oxygens (including phenoxy) is 2. The normalized spacial score (nSPS) is 10.0. The van der Waals surface area contributed by atoms with E-state index < -0.39 is 10.9 Å². The first-order valence-corrected chi connectivity index (χ1v) is 5.22. The van der Waals surface area contributed by atoms with Crippen LogP contribution in [0.5, 0.6) is 17.2 Å². The largest absolute Gasteiger partial charge is 0.493 e. The number of methoxy groups -OCH3 is 1. The van der Waals surface area contributed by atoms with Crippen LogP contribution in [0.3, 0.4) is 0 Å². The second-order valence-electron chi connectivity index (χ2n) is 3.51. The number of non-ortho nitro benzene ring substituents is 1. The highest BCUT2D eigenvalue weighted by Gasteiger charge is 2.13. The summed E-state index contributed by atoms with van der Waals surface area (Å²) in [6, 6.07) is 6.45. The van der Waals surface area contributed by atoms with Gasteiger partial charge in [0.2, 0.25) is 5.95 Å². The Bertz CT molecular complexity index is 618. The van der Waals surface area contributed by atoms with Gasteiger partial charge in [-0.2, -0.15) is 4.39 Å². The lowest BCUT2D eigenvalue weighted by molar-refractivity contribution is -0.384. The number of hydrogen-bond acceptors (Lipinski definition) is 5. The van der Waals surface area contributed by atoms with Crippen molar-refractivity contribution in [2.75, 3.05) is 7.11 Å². The number of rotatable bonds is 4. The van der Waals surface area contributed by atoms with E-state index in [1.807, 2.05) is 0 Å². The molecule has 19 heavy (non-hydrogen) atoms. The molecule has 0 saturated heterocycles. The van der Waals surface area contributed by atoms with Crippen molar-refractivity contribution < 1.29 is 18.8 Å². The molecule has 7 heteroatoms. The molecule has 0 saturated carbocycles. The van der Waals surface area contributed by atoms with Gasteiger partial charge in [0.1, 0.15) is 5.75 Å². The summed E-state index contributed by atoms with van der Waals surface area (Å²) in [6.07, 6.45) is 1.25. The van der Waals surface area contributed by atoms with E-state index in [0.717, 1.165) is 6.07 Å². The van der Waals surface area contributed by atoms with Gasteiger partial charge < -0.3 is 9.47 Å². The fourth-order valence-corrected chi connectivity index (χ4v) is 1.43. The lowest BCUT2D eigenvalue weighted by atomic mass is 10.3. The molecule has 2 aromatic rings. The van der Waals surface area contributed by atoms with Gasteiger partial charge in [0.25, 0.3) is 5.69 Å². The van der Waals surface area contributed by atoms with Crippen LogP contribution in [0.15, 0.2) is 36.5 Å². The quantitative estimate of drug-likeness (QED) is 0.482. The summed E-state index contributed by atoms with van der Waals surface area (Å²) < 4.78 is 23.3. The molecule has 0 unspecified atom stereocenters. The number of nitrogens with zero attached hydrogens (tertiary/aromatic N) is 2. The molecule has 0 spiro atoms. The first-order chi connectivity index (χ1) is 9.10. The second-order valence-corrected chi connectivity index (χ2v) is 3.51. The molecule has 0 atom stereocenters. The Labute approximate surface area is 107 Å². The van der Waals surface area contributed by atoms with Crippen LogP contribution in [-0.4, -0.2) is 17.0 Å². The van der Waals surface area contributed by atoms with Gasteiger partial charge in [-0.1, -0.05) is 0 Å². The lowest BCUT2D eigenvalue weighted by Crippen LogP contribution is -1.94. The Morgan fingerprint density at radius 1 is 1.26 bits per heavy atom. The summed E-state index contributed by atoms with van der Waals surface area (Å²) in [4.78, 5) is 13.5. The van der Waals surface area contributed by atoms with Crippen molar-refractivity contribution >= 4 is 5.69 Å². The van der Waals surface area contributed by atoms with Gasteiger partial charge in [0.15, 0.2) is 11.5 Å². The molecule has 0 amide bonds. The van der Waals surface area contributed by atoms with Crippen molar-refractivity contribution in [2.24, 2.45) is 0 Å². The maximum Gasteiger partial charge on any atom is 0.273 e. The van der Waals surface area contributed by atoms with Gasteiger partial charge in [0.05, 0.1) is 18.1 Å². The van der Waals surface area contributed by atoms with Gasteiger partial charge in [-0.3, -0.25) is 10.1 Å². The van der Waals surface area contributed by atoms with Crippen molar-refractivity contribution in [3.05, 3.63) is 52.6 Å². The molecule has 0 aliphatic heterocycles. The van der Waals surface area contributed by atoms with Crippen LogP contribution >= 0.6 is 0 Å². The summed E-state index contributed by atoms with van der Waals surface area (Å²) in [7, 11) is 1.36. The highest BCUT2D eigenvalue weighted by molar-refractivity contribution is 5.50. The summed E-state index contributed by atoms with van der Waals surface area (Å²) in [5.41, 5.74) is -0.120. The average Bonchev–Trinajstić information content (AvgIpc) is 2.39. The topological polar surface area (TPSA) is 74.5 Å². The van der Waals surface area contributed by atoms with Gasteiger partial charge >= 0.3 is 0 Å². The monoisotopic (exact) mass is 264 g/mol. The number of benzene rings is 1. The first-order valence-electron chi connectivity index (χ1n) is 5.22. The third-order valence-electron chi connectivity index (χ3n) is 2.28. The van der Waals surface area contributed by atoms with E-state index in [9.17, 15) is 14.5 Å². The Kier molecular flexibility index (Phi) is 3.56. The van der Waals surface area contributed by atoms with Gasteiger partial charge in [-0.05, 0) is 12.1 Å². The van der Waals surface area contributed by atoms with Gasteiger partial charge in [0, 0.05) is 18.3 Å². The summed E-state index contributed by atoms with van der Waals surface area (Å²) in [5.74, 6) is -0.0249. The third kappa shape index (κ3) is 2.95. The Morgan fingerprint density at radius 2 is 2.05 bits per heavy atom. The Balaban J connectivity index is 2.32. The number of nitro benzene ring substituents is 1. The second kappa shape index (κ2) is 5.30. The van der Waals surface area contributed by atoms with E-state index in [4.69, 9.17) is 9.47 Å². The van der Waals surface area contributed by atoms with Crippen LogP contribution in [0.2, 0.25) is 0 Å². The van der Waals surface area contributed by atoms with Crippen molar-refractivity contribution in [1.29, 1.82) is 0 Å². The van der Waals surface area contributed by atoms with E-state index in [0.29, 0.717) is 0 Å². The van der Waals surface area contributed by atoms with Crippen LogP contribution < -0.4 is 9.47 Å². The van der Waals surface area contributed by atoms with E-state index in [-0.39, 0.29) is 22.9 Å². The predicted octanol–water partition coefficient (Wildman–Crippen LogP) is 2.93. The fourth-order valence-electron chi connectivity index (χ4n) is 1.43. The number of nitro groups is 1. The molecule has 2 rings (SSSR count). The first kappa shape index (κ1) is 12.7. The molecule has 98 valence electrons. The highest BCUT2D eigenvalue weighted by Crippen LogP contribution is 2.34. The molecule has 0 radical (unpaired) electrons. The molecule has 6 nitrogen and oxygen atoms in total. The zero-order valence-corrected chi connectivity index (χ0v) is 9.87. The molecule has 1 heterocycles. The minimum absolute atomic E-state index is 0.120. The summed E-state index contributed by atoms with van der Waals surface area (Å²) in [5, 5.41) is 10.6. The SMILES string of the molecule is COc1cc([N+](=O)[O-])ccc1Oc1ccnc(F)c1. The Morgan fingerprint density at radius 3 is 2.68 bits per heavy atom. The fraction of sp³-hybridized carbons (Fsp3) is 0.0833. The van der Waals surface area contributed by atoms with Gasteiger partial charge in [-0.15, -0.1) is 0 Å².